The van der Waals surface area contributed by atoms with Crippen LogP contribution in [0.5, 0.6) is 0 Å². The Kier molecular flexibility index (Phi) is 3.29. The zero-order valence-electron chi connectivity index (χ0n) is 9.93. The van der Waals surface area contributed by atoms with Gasteiger partial charge >= 0.3 is 0 Å². The summed E-state index contributed by atoms with van der Waals surface area (Å²) in [6.45, 7) is 2.10. The molecule has 0 unspecified atom stereocenters. The normalized spacial score (nSPS) is 19.7. The molecular formula is C14H20FN. The van der Waals surface area contributed by atoms with E-state index in [4.69, 9.17) is 5.73 Å². The molecule has 0 aromatic heterocycles. The van der Waals surface area contributed by atoms with Gasteiger partial charge in [0.25, 0.3) is 0 Å². The molecule has 1 fully saturated rings. The predicted molar refractivity (Wildman–Crippen MR) is 64.7 cm³/mol. The summed E-state index contributed by atoms with van der Waals surface area (Å²) < 4.78 is 13.4. The maximum absolute atomic E-state index is 13.4. The third-order valence-electron chi connectivity index (χ3n) is 3.74. The van der Waals surface area contributed by atoms with Gasteiger partial charge in [-0.05, 0) is 42.5 Å². The Balaban J connectivity index is 2.40. The quantitative estimate of drug-likeness (QED) is 0.812. The molecule has 0 heterocycles. The number of hydrogen-bond acceptors (Lipinski definition) is 1. The lowest BCUT2D eigenvalue weighted by molar-refractivity contribution is 0.299. The molecule has 1 saturated carbocycles. The van der Waals surface area contributed by atoms with Crippen LogP contribution in [0.2, 0.25) is 0 Å². The molecule has 1 nitrogen and oxygen atoms in total. The van der Waals surface area contributed by atoms with Gasteiger partial charge in [0.05, 0.1) is 0 Å². The van der Waals surface area contributed by atoms with Crippen LogP contribution in [-0.4, -0.2) is 0 Å². The molecule has 0 aliphatic heterocycles. The van der Waals surface area contributed by atoms with Crippen molar-refractivity contribution in [2.24, 2.45) is 5.73 Å². The van der Waals surface area contributed by atoms with E-state index in [1.54, 1.807) is 6.07 Å². The highest BCUT2D eigenvalue weighted by Gasteiger charge is 2.31. The minimum Gasteiger partial charge on any atom is -0.321 e. The summed E-state index contributed by atoms with van der Waals surface area (Å²) in [5, 5.41) is 0. The molecule has 0 amide bonds. The van der Waals surface area contributed by atoms with Crippen LogP contribution in [0.1, 0.15) is 50.2 Å². The number of hydrogen-bond donors (Lipinski definition) is 1. The fourth-order valence-electron chi connectivity index (χ4n) is 2.77. The molecule has 0 spiro atoms. The Morgan fingerprint density at radius 2 is 1.94 bits per heavy atom. The van der Waals surface area contributed by atoms with E-state index in [-0.39, 0.29) is 11.4 Å². The summed E-state index contributed by atoms with van der Waals surface area (Å²) in [6.07, 6.45) is 6.49. The van der Waals surface area contributed by atoms with Crippen molar-refractivity contribution in [2.45, 2.75) is 51.0 Å². The number of benzene rings is 1. The third kappa shape index (κ3) is 2.12. The van der Waals surface area contributed by atoms with Crippen LogP contribution < -0.4 is 5.73 Å². The van der Waals surface area contributed by atoms with Gasteiger partial charge in [0.2, 0.25) is 0 Å². The van der Waals surface area contributed by atoms with E-state index in [9.17, 15) is 4.39 Å². The first-order chi connectivity index (χ1) is 7.65. The first-order valence-corrected chi connectivity index (χ1v) is 6.23. The van der Waals surface area contributed by atoms with Crippen LogP contribution in [0, 0.1) is 5.82 Å². The van der Waals surface area contributed by atoms with Gasteiger partial charge in [-0.1, -0.05) is 32.3 Å². The SMILES string of the molecule is CCc1ccc(F)cc1C1(N)CCCCC1. The van der Waals surface area contributed by atoms with Gasteiger partial charge < -0.3 is 5.73 Å². The number of nitrogens with two attached hydrogens (primary N) is 1. The summed E-state index contributed by atoms with van der Waals surface area (Å²) in [7, 11) is 0. The van der Waals surface area contributed by atoms with Gasteiger partial charge in [-0.3, -0.25) is 0 Å². The molecule has 0 saturated heterocycles. The molecule has 16 heavy (non-hydrogen) atoms. The summed E-state index contributed by atoms with van der Waals surface area (Å²) in [4.78, 5) is 0. The van der Waals surface area contributed by atoms with Crippen molar-refractivity contribution < 1.29 is 4.39 Å². The second kappa shape index (κ2) is 4.54. The first-order valence-electron chi connectivity index (χ1n) is 6.23. The van der Waals surface area contributed by atoms with Gasteiger partial charge in [-0.25, -0.2) is 4.39 Å². The molecule has 1 aromatic carbocycles. The zero-order chi connectivity index (χ0) is 11.6. The van der Waals surface area contributed by atoms with E-state index >= 15 is 0 Å². The average Bonchev–Trinajstić information content (AvgIpc) is 2.30. The lowest BCUT2D eigenvalue weighted by Crippen LogP contribution is -2.39. The molecule has 1 aliphatic carbocycles. The molecule has 1 aliphatic rings. The molecule has 0 bridgehead atoms. The second-order valence-electron chi connectivity index (χ2n) is 4.87. The van der Waals surface area contributed by atoms with E-state index in [1.807, 2.05) is 6.07 Å². The zero-order valence-corrected chi connectivity index (χ0v) is 9.93. The van der Waals surface area contributed by atoms with Crippen molar-refractivity contribution in [3.63, 3.8) is 0 Å². The van der Waals surface area contributed by atoms with Crippen LogP contribution in [0.15, 0.2) is 18.2 Å². The second-order valence-corrected chi connectivity index (χ2v) is 4.87. The van der Waals surface area contributed by atoms with Crippen molar-refractivity contribution in [3.8, 4) is 0 Å². The monoisotopic (exact) mass is 221 g/mol. The minimum atomic E-state index is -0.286. The predicted octanol–water partition coefficient (Wildman–Crippen LogP) is 3.51. The molecule has 2 rings (SSSR count). The molecule has 2 heteroatoms. The van der Waals surface area contributed by atoms with Gasteiger partial charge in [-0.2, -0.15) is 0 Å². The standard InChI is InChI=1S/C14H20FN/c1-2-11-6-7-12(15)10-13(11)14(16)8-4-3-5-9-14/h6-7,10H,2-5,8-9,16H2,1H3. The third-order valence-corrected chi connectivity index (χ3v) is 3.74. The molecule has 0 atom stereocenters. The van der Waals surface area contributed by atoms with Crippen molar-refractivity contribution in [1.29, 1.82) is 0 Å². The topological polar surface area (TPSA) is 26.0 Å². The molecule has 88 valence electrons. The van der Waals surface area contributed by atoms with Crippen LogP contribution in [-0.2, 0) is 12.0 Å². The Hall–Kier alpha value is -0.890. The van der Waals surface area contributed by atoms with Crippen molar-refractivity contribution in [1.82, 2.24) is 0 Å². The summed E-state index contributed by atoms with van der Waals surface area (Å²) in [6, 6.07) is 5.06. The lowest BCUT2D eigenvalue weighted by atomic mass is 9.75. The van der Waals surface area contributed by atoms with Gasteiger partial charge in [0.15, 0.2) is 0 Å². The maximum Gasteiger partial charge on any atom is 0.123 e. The summed E-state index contributed by atoms with van der Waals surface area (Å²) in [5.74, 6) is -0.164. The van der Waals surface area contributed by atoms with Crippen molar-refractivity contribution in [3.05, 3.63) is 35.1 Å². The molecular weight excluding hydrogens is 201 g/mol. The fourth-order valence-corrected chi connectivity index (χ4v) is 2.77. The van der Waals surface area contributed by atoms with E-state index in [0.717, 1.165) is 37.7 Å². The number of aryl methyl sites for hydroxylation is 1. The molecule has 0 radical (unpaired) electrons. The van der Waals surface area contributed by atoms with Gasteiger partial charge in [-0.15, -0.1) is 0 Å². The number of rotatable bonds is 2. The van der Waals surface area contributed by atoms with Crippen LogP contribution in [0.4, 0.5) is 4.39 Å². The Labute approximate surface area is 96.9 Å². The number of halogens is 1. The largest absolute Gasteiger partial charge is 0.321 e. The summed E-state index contributed by atoms with van der Waals surface area (Å²) >= 11 is 0. The smallest absolute Gasteiger partial charge is 0.123 e. The van der Waals surface area contributed by atoms with Crippen molar-refractivity contribution >= 4 is 0 Å². The Morgan fingerprint density at radius 1 is 1.25 bits per heavy atom. The van der Waals surface area contributed by atoms with Crippen LogP contribution in [0.3, 0.4) is 0 Å². The first kappa shape index (κ1) is 11.6. The highest BCUT2D eigenvalue weighted by Crippen LogP contribution is 2.36. The lowest BCUT2D eigenvalue weighted by Gasteiger charge is -2.35. The van der Waals surface area contributed by atoms with Crippen LogP contribution in [0.25, 0.3) is 0 Å². The van der Waals surface area contributed by atoms with Gasteiger partial charge in [0, 0.05) is 5.54 Å². The van der Waals surface area contributed by atoms with E-state index in [0.29, 0.717) is 0 Å². The summed E-state index contributed by atoms with van der Waals surface area (Å²) in [5.41, 5.74) is 8.41. The van der Waals surface area contributed by atoms with Crippen molar-refractivity contribution in [2.75, 3.05) is 0 Å². The molecule has 2 N–H and O–H groups in total. The van der Waals surface area contributed by atoms with E-state index < -0.39 is 0 Å². The van der Waals surface area contributed by atoms with E-state index in [1.165, 1.54) is 18.1 Å². The Bertz CT molecular complexity index is 367. The molecule has 1 aromatic rings. The highest BCUT2D eigenvalue weighted by molar-refractivity contribution is 5.34. The van der Waals surface area contributed by atoms with Gasteiger partial charge in [0.1, 0.15) is 5.82 Å². The Morgan fingerprint density at radius 3 is 2.56 bits per heavy atom. The fraction of sp³-hybridized carbons (Fsp3) is 0.571. The van der Waals surface area contributed by atoms with E-state index in [2.05, 4.69) is 6.92 Å². The van der Waals surface area contributed by atoms with Crippen LogP contribution >= 0.6 is 0 Å². The highest BCUT2D eigenvalue weighted by atomic mass is 19.1. The maximum atomic E-state index is 13.4. The minimum absolute atomic E-state index is 0.164. The average molecular weight is 221 g/mol.